The fourth-order valence-corrected chi connectivity index (χ4v) is 1.35. The maximum Gasteiger partial charge on any atom is 0.0675 e. The maximum absolute atomic E-state index is 13.4. The van der Waals surface area contributed by atoms with E-state index in [4.69, 9.17) is 5.11 Å². The monoisotopic (exact) mass is 413 g/mol. The van der Waals surface area contributed by atoms with Gasteiger partial charge in [0.05, 0.1) is 6.61 Å². The number of pyridine rings is 1. The molecule has 0 bridgehead atoms. The van der Waals surface area contributed by atoms with Gasteiger partial charge in [0.15, 0.2) is 0 Å². The number of aliphatic hydroxyl groups excluding tert-OH is 1. The number of aromatic nitrogens is 1. The molecule has 0 unspecified atom stereocenters. The second-order valence-corrected chi connectivity index (χ2v) is 3.25. The van der Waals surface area contributed by atoms with E-state index in [1.165, 1.54) is 12.3 Å². The molecule has 2 aromatic rings. The van der Waals surface area contributed by atoms with Crippen molar-refractivity contribution < 1.29 is 34.0 Å². The van der Waals surface area contributed by atoms with E-state index in [1.807, 2.05) is 0 Å². The van der Waals surface area contributed by atoms with Crippen LogP contribution in [-0.2, 0) is 26.7 Å². The van der Waals surface area contributed by atoms with Crippen LogP contribution in [0.1, 0.15) is 5.56 Å². The summed E-state index contributed by atoms with van der Waals surface area (Å²) >= 11 is 0. The van der Waals surface area contributed by atoms with Crippen molar-refractivity contribution in [3.63, 3.8) is 0 Å². The molecule has 1 aromatic heterocycles. The van der Waals surface area contributed by atoms with Crippen molar-refractivity contribution in [3.8, 4) is 11.3 Å². The molecule has 1 N–H and O–H groups in total. The van der Waals surface area contributed by atoms with Crippen LogP contribution in [0.2, 0.25) is 0 Å². The second-order valence-electron chi connectivity index (χ2n) is 3.25. The van der Waals surface area contributed by atoms with Crippen LogP contribution in [0.5, 0.6) is 0 Å². The predicted molar refractivity (Wildman–Crippen MR) is 54.3 cm³/mol. The zero-order valence-corrected chi connectivity index (χ0v) is 11.0. The van der Waals surface area contributed by atoms with E-state index in [-0.39, 0.29) is 32.3 Å². The Balaban J connectivity index is 0.00000144. The standard InChI is InChI=1S/C12H8F2NO.Ir/c13-9-1-2-10(11(14)6-9)12-5-8(7-16)3-4-15-12;/h1,3-6,16H,7H2;/q-1;. The molecule has 0 saturated carbocycles. The zero-order valence-electron chi connectivity index (χ0n) is 8.58. The average molecular weight is 412 g/mol. The van der Waals surface area contributed by atoms with Crippen LogP contribution < -0.4 is 0 Å². The second kappa shape index (κ2) is 5.96. The summed E-state index contributed by atoms with van der Waals surface area (Å²) in [6, 6.07) is 7.45. The smallest absolute Gasteiger partial charge is 0.0675 e. The van der Waals surface area contributed by atoms with Crippen LogP contribution in [0.3, 0.4) is 0 Å². The SMILES string of the molecule is OCc1ccnc(-c2[c-]cc(F)cc2F)c1.[Ir]. The quantitative estimate of drug-likeness (QED) is 0.769. The molecule has 0 atom stereocenters. The summed E-state index contributed by atoms with van der Waals surface area (Å²) in [5.74, 6) is -1.40. The molecule has 0 saturated heterocycles. The minimum absolute atomic E-state index is 0. The number of halogens is 2. The number of rotatable bonds is 2. The van der Waals surface area contributed by atoms with Crippen LogP contribution in [0.4, 0.5) is 8.78 Å². The topological polar surface area (TPSA) is 33.1 Å². The largest absolute Gasteiger partial charge is 0.392 e. The van der Waals surface area contributed by atoms with Crippen LogP contribution in [0.15, 0.2) is 30.5 Å². The van der Waals surface area contributed by atoms with Gasteiger partial charge in [0.25, 0.3) is 0 Å². The first-order chi connectivity index (χ1) is 7.70. The first-order valence-electron chi connectivity index (χ1n) is 4.63. The van der Waals surface area contributed by atoms with Gasteiger partial charge in [-0.1, -0.05) is 17.7 Å². The van der Waals surface area contributed by atoms with Crippen molar-refractivity contribution in [2.45, 2.75) is 6.61 Å². The van der Waals surface area contributed by atoms with Crippen LogP contribution in [0, 0.1) is 17.7 Å². The van der Waals surface area contributed by atoms with Crippen molar-refractivity contribution >= 4 is 0 Å². The van der Waals surface area contributed by atoms with Crippen LogP contribution in [0.25, 0.3) is 11.3 Å². The minimum Gasteiger partial charge on any atom is -0.392 e. The van der Waals surface area contributed by atoms with Gasteiger partial charge in [-0.2, -0.15) is 0 Å². The summed E-state index contributed by atoms with van der Waals surface area (Å²) in [4.78, 5) is 3.94. The van der Waals surface area contributed by atoms with Crippen molar-refractivity contribution in [1.82, 2.24) is 4.98 Å². The van der Waals surface area contributed by atoms with E-state index < -0.39 is 11.6 Å². The summed E-state index contributed by atoms with van der Waals surface area (Å²) in [6.07, 6.45) is 1.46. The zero-order chi connectivity index (χ0) is 11.5. The number of aliphatic hydroxyl groups is 1. The van der Waals surface area contributed by atoms with Gasteiger partial charge in [0.1, 0.15) is 0 Å². The molecule has 2 rings (SSSR count). The van der Waals surface area contributed by atoms with Gasteiger partial charge < -0.3 is 10.1 Å². The molecule has 1 heterocycles. The third-order valence-corrected chi connectivity index (χ3v) is 2.12. The number of benzene rings is 1. The first-order valence-corrected chi connectivity index (χ1v) is 4.63. The fraction of sp³-hybridized carbons (Fsp3) is 0.0833. The molecule has 91 valence electrons. The number of nitrogens with zero attached hydrogens (tertiary/aromatic N) is 1. The Kier molecular flexibility index (Phi) is 4.87. The molecular formula is C12H8F2IrNO-. The summed E-state index contributed by atoms with van der Waals surface area (Å²) in [6.45, 7) is -0.154. The van der Waals surface area contributed by atoms with Gasteiger partial charge in [0.2, 0.25) is 0 Å². The minimum atomic E-state index is -0.720. The molecule has 0 aliphatic rings. The summed E-state index contributed by atoms with van der Waals surface area (Å²) < 4.78 is 26.1. The third-order valence-electron chi connectivity index (χ3n) is 2.12. The summed E-state index contributed by atoms with van der Waals surface area (Å²) in [5.41, 5.74) is 1.03. The Labute approximate surface area is 111 Å². The van der Waals surface area contributed by atoms with Crippen molar-refractivity contribution in [2.75, 3.05) is 0 Å². The first kappa shape index (κ1) is 13.9. The predicted octanol–water partition coefficient (Wildman–Crippen LogP) is 2.32. The van der Waals surface area contributed by atoms with Gasteiger partial charge >= 0.3 is 0 Å². The van der Waals surface area contributed by atoms with E-state index in [0.29, 0.717) is 11.3 Å². The molecular weight excluding hydrogens is 404 g/mol. The Bertz CT molecular complexity index is 520. The molecule has 0 aliphatic heterocycles. The molecule has 1 radical (unpaired) electrons. The molecule has 5 heteroatoms. The van der Waals surface area contributed by atoms with Gasteiger partial charge in [-0.3, -0.25) is 8.78 Å². The number of hydrogen-bond donors (Lipinski definition) is 1. The fourth-order valence-electron chi connectivity index (χ4n) is 1.35. The summed E-state index contributed by atoms with van der Waals surface area (Å²) in [5, 5.41) is 8.93. The van der Waals surface area contributed by atoms with E-state index in [1.54, 1.807) is 6.07 Å². The number of hydrogen-bond acceptors (Lipinski definition) is 2. The van der Waals surface area contributed by atoms with Crippen molar-refractivity contribution in [2.24, 2.45) is 0 Å². The molecule has 17 heavy (non-hydrogen) atoms. The Morgan fingerprint density at radius 2 is 2.06 bits per heavy atom. The van der Waals surface area contributed by atoms with Crippen LogP contribution >= 0.6 is 0 Å². The summed E-state index contributed by atoms with van der Waals surface area (Å²) in [7, 11) is 0. The Hall–Kier alpha value is -1.16. The Morgan fingerprint density at radius 3 is 2.71 bits per heavy atom. The average Bonchev–Trinajstić information content (AvgIpc) is 2.29. The van der Waals surface area contributed by atoms with Crippen LogP contribution in [-0.4, -0.2) is 10.1 Å². The molecule has 0 amide bonds. The molecule has 0 aliphatic carbocycles. The van der Waals surface area contributed by atoms with Gasteiger partial charge in [-0.05, 0) is 17.3 Å². The molecule has 2 nitrogen and oxygen atoms in total. The van der Waals surface area contributed by atoms with E-state index in [0.717, 1.165) is 12.1 Å². The normalized spacial score (nSPS) is 9.82. The van der Waals surface area contributed by atoms with Crippen molar-refractivity contribution in [1.29, 1.82) is 0 Å². The van der Waals surface area contributed by atoms with Gasteiger partial charge in [0, 0.05) is 37.9 Å². The Morgan fingerprint density at radius 1 is 1.29 bits per heavy atom. The van der Waals surface area contributed by atoms with E-state index in [9.17, 15) is 8.78 Å². The molecule has 0 spiro atoms. The van der Waals surface area contributed by atoms with E-state index in [2.05, 4.69) is 11.1 Å². The third kappa shape index (κ3) is 3.16. The van der Waals surface area contributed by atoms with Gasteiger partial charge in [-0.25, -0.2) is 0 Å². The molecule has 1 aromatic carbocycles. The maximum atomic E-state index is 13.4. The van der Waals surface area contributed by atoms with Crippen molar-refractivity contribution in [3.05, 3.63) is 53.7 Å². The van der Waals surface area contributed by atoms with E-state index >= 15 is 0 Å². The molecule has 0 fully saturated rings. The van der Waals surface area contributed by atoms with Gasteiger partial charge in [-0.15, -0.1) is 12.1 Å².